The van der Waals surface area contributed by atoms with Crippen LogP contribution in [0.2, 0.25) is 0 Å². The van der Waals surface area contributed by atoms with Crippen LogP contribution in [0.15, 0.2) is 30.3 Å². The quantitative estimate of drug-likeness (QED) is 0.654. The zero-order chi connectivity index (χ0) is 9.40. The van der Waals surface area contributed by atoms with E-state index < -0.39 is 15.3 Å². The molecule has 0 fully saturated rings. The van der Waals surface area contributed by atoms with Crippen molar-refractivity contribution >= 4 is 15.3 Å². The summed E-state index contributed by atoms with van der Waals surface area (Å²) < 4.78 is 16.8. The number of carboxylic acid groups (broad SMARTS) is 1. The standard InChI is InChI=1S/C7H6O2.H3N.O2Si/c8-7(9)6-4-2-1-3-5-6;;1-3-2/h1-5H,(H,8,9);1H3;. The molecule has 1 rings (SSSR count). The summed E-state index contributed by atoms with van der Waals surface area (Å²) in [5.41, 5.74) is 0.331. The number of hydrogen-bond acceptors (Lipinski definition) is 4. The first-order valence-corrected chi connectivity index (χ1v) is 3.81. The van der Waals surface area contributed by atoms with E-state index in [1.165, 1.54) is 0 Å². The Morgan fingerprint density at radius 1 is 1.15 bits per heavy atom. The summed E-state index contributed by atoms with van der Waals surface area (Å²) >= 11 is 0. The first-order valence-electron chi connectivity index (χ1n) is 3.00. The third-order valence-corrected chi connectivity index (χ3v) is 1.02. The van der Waals surface area contributed by atoms with E-state index >= 15 is 0 Å². The van der Waals surface area contributed by atoms with Gasteiger partial charge in [-0.05, 0) is 12.1 Å². The second kappa shape index (κ2) is 8.56. The van der Waals surface area contributed by atoms with Crippen LogP contribution in [0.3, 0.4) is 0 Å². The summed E-state index contributed by atoms with van der Waals surface area (Å²) in [5.74, 6) is -0.879. The lowest BCUT2D eigenvalue weighted by Gasteiger charge is -1.88. The van der Waals surface area contributed by atoms with Crippen molar-refractivity contribution in [2.24, 2.45) is 0 Å². The topological polar surface area (TPSA) is 106 Å². The van der Waals surface area contributed by atoms with E-state index in [0.717, 1.165) is 0 Å². The predicted molar refractivity (Wildman–Crippen MR) is 45.6 cm³/mol. The molecule has 0 bridgehead atoms. The van der Waals surface area contributed by atoms with Gasteiger partial charge in [-0.3, -0.25) is 8.92 Å². The largest absolute Gasteiger partial charge is 0.549 e. The monoisotopic (exact) mass is 199 g/mol. The Morgan fingerprint density at radius 2 is 1.54 bits per heavy atom. The molecule has 0 unspecified atom stereocenters. The highest BCUT2D eigenvalue weighted by Gasteiger charge is 1.96. The van der Waals surface area contributed by atoms with Gasteiger partial charge in [0.05, 0.1) is 5.56 Å². The summed E-state index contributed by atoms with van der Waals surface area (Å²) in [6.45, 7) is 0. The number of rotatable bonds is 1. The van der Waals surface area contributed by atoms with Crippen LogP contribution in [-0.4, -0.2) is 20.4 Å². The van der Waals surface area contributed by atoms with Crippen molar-refractivity contribution in [3.05, 3.63) is 35.9 Å². The minimum Gasteiger partial charge on any atom is -0.478 e. The van der Waals surface area contributed by atoms with Gasteiger partial charge in [-0.1, -0.05) is 18.2 Å². The predicted octanol–water partition coefficient (Wildman–Crippen LogP) is 0.928. The van der Waals surface area contributed by atoms with Crippen LogP contribution in [0, 0.1) is 0 Å². The molecule has 0 saturated carbocycles. The number of aromatic carboxylic acids is 1. The van der Waals surface area contributed by atoms with Gasteiger partial charge >= 0.3 is 15.3 Å². The Morgan fingerprint density at radius 3 is 1.77 bits per heavy atom. The number of hydrogen-bond donors (Lipinski definition) is 2. The Hall–Kier alpha value is -1.53. The van der Waals surface area contributed by atoms with Crippen molar-refractivity contribution in [3.63, 3.8) is 0 Å². The zero-order valence-corrected chi connectivity index (χ0v) is 7.77. The number of carboxylic acids is 1. The Labute approximate surface area is 76.9 Å². The van der Waals surface area contributed by atoms with Crippen molar-refractivity contribution in [2.45, 2.75) is 0 Å². The molecular formula is C7H9NO4Si. The van der Waals surface area contributed by atoms with Crippen molar-refractivity contribution < 1.29 is 18.8 Å². The first kappa shape index (κ1) is 14.0. The molecule has 0 amide bonds. The van der Waals surface area contributed by atoms with E-state index in [4.69, 9.17) is 14.0 Å². The van der Waals surface area contributed by atoms with Gasteiger partial charge in [0.2, 0.25) is 0 Å². The molecule has 0 radical (unpaired) electrons. The number of carbonyl (C=O) groups is 1. The van der Waals surface area contributed by atoms with Crippen LogP contribution in [0.4, 0.5) is 0 Å². The van der Waals surface area contributed by atoms with Crippen LogP contribution in [0.1, 0.15) is 10.4 Å². The molecule has 4 N–H and O–H groups in total. The maximum absolute atomic E-state index is 10.2. The first-order chi connectivity index (χ1) is 5.72. The van der Waals surface area contributed by atoms with E-state index in [1.54, 1.807) is 30.3 Å². The van der Waals surface area contributed by atoms with Crippen LogP contribution >= 0.6 is 0 Å². The number of benzene rings is 1. The molecule has 5 nitrogen and oxygen atoms in total. The molecule has 0 spiro atoms. The van der Waals surface area contributed by atoms with E-state index in [-0.39, 0.29) is 6.15 Å². The summed E-state index contributed by atoms with van der Waals surface area (Å²) in [6.07, 6.45) is 0. The van der Waals surface area contributed by atoms with Gasteiger partial charge in [-0.15, -0.1) is 0 Å². The lowest BCUT2D eigenvalue weighted by Crippen LogP contribution is -1.93. The van der Waals surface area contributed by atoms with Crippen molar-refractivity contribution in [1.29, 1.82) is 0 Å². The molecule has 0 aliphatic heterocycles. The summed E-state index contributed by atoms with van der Waals surface area (Å²) in [6, 6.07) is 8.30. The Kier molecular flexibility index (Phi) is 9.23. The fourth-order valence-corrected chi connectivity index (χ4v) is 0.581. The molecule has 0 aliphatic rings. The maximum Gasteiger partial charge on any atom is 0.549 e. The molecule has 6 heteroatoms. The fraction of sp³-hybridized carbons (Fsp3) is 0. The average Bonchev–Trinajstić information content (AvgIpc) is 2.07. The smallest absolute Gasteiger partial charge is 0.478 e. The van der Waals surface area contributed by atoms with E-state index in [1.807, 2.05) is 0 Å². The third kappa shape index (κ3) is 6.85. The summed E-state index contributed by atoms with van der Waals surface area (Å²) in [5, 5.41) is 8.38. The highest BCUT2D eigenvalue weighted by Crippen LogP contribution is 1.96. The summed E-state index contributed by atoms with van der Waals surface area (Å²) in [4.78, 5) is 10.2. The highest BCUT2D eigenvalue weighted by molar-refractivity contribution is 5.94. The normalized spacial score (nSPS) is 6.77. The van der Waals surface area contributed by atoms with E-state index in [9.17, 15) is 4.79 Å². The van der Waals surface area contributed by atoms with Gasteiger partial charge in [0.15, 0.2) is 0 Å². The molecule has 0 saturated heterocycles. The van der Waals surface area contributed by atoms with E-state index in [0.29, 0.717) is 5.56 Å². The van der Waals surface area contributed by atoms with Crippen molar-refractivity contribution in [3.8, 4) is 0 Å². The average molecular weight is 199 g/mol. The highest BCUT2D eigenvalue weighted by atomic mass is 28.2. The minimum atomic E-state index is -1.42. The van der Waals surface area contributed by atoms with Gasteiger partial charge < -0.3 is 11.3 Å². The molecule has 13 heavy (non-hydrogen) atoms. The molecular weight excluding hydrogens is 190 g/mol. The van der Waals surface area contributed by atoms with E-state index in [2.05, 4.69) is 0 Å². The molecule has 0 heterocycles. The molecule has 0 aliphatic carbocycles. The molecule has 0 atom stereocenters. The van der Waals surface area contributed by atoms with Gasteiger partial charge in [0.25, 0.3) is 0 Å². The van der Waals surface area contributed by atoms with Gasteiger partial charge in [0.1, 0.15) is 0 Å². The zero-order valence-electron chi connectivity index (χ0n) is 6.77. The van der Waals surface area contributed by atoms with Gasteiger partial charge in [0, 0.05) is 0 Å². The van der Waals surface area contributed by atoms with Crippen molar-refractivity contribution in [1.82, 2.24) is 6.15 Å². The molecule has 0 aromatic heterocycles. The van der Waals surface area contributed by atoms with Gasteiger partial charge in [-0.2, -0.15) is 0 Å². The Balaban J connectivity index is 0. The van der Waals surface area contributed by atoms with Crippen LogP contribution in [0.5, 0.6) is 0 Å². The van der Waals surface area contributed by atoms with Crippen LogP contribution in [0.25, 0.3) is 0 Å². The van der Waals surface area contributed by atoms with Crippen LogP contribution in [-0.2, 0) is 8.92 Å². The van der Waals surface area contributed by atoms with Crippen LogP contribution < -0.4 is 6.15 Å². The SMILES string of the molecule is N.O=C(O)c1ccccc1.O=[Si]=O. The molecule has 1 aromatic rings. The second-order valence-corrected chi connectivity index (χ2v) is 1.92. The third-order valence-electron chi connectivity index (χ3n) is 1.02. The minimum absolute atomic E-state index is 0. The van der Waals surface area contributed by atoms with Gasteiger partial charge in [-0.25, -0.2) is 4.79 Å². The maximum atomic E-state index is 10.2. The lowest BCUT2D eigenvalue weighted by molar-refractivity contribution is 0.0697. The lowest BCUT2D eigenvalue weighted by atomic mass is 10.2. The molecule has 1 aromatic carbocycles. The second-order valence-electron chi connectivity index (χ2n) is 1.75. The molecule has 70 valence electrons. The Bertz CT molecular complexity index is 282. The van der Waals surface area contributed by atoms with Crippen molar-refractivity contribution in [2.75, 3.05) is 0 Å². The summed E-state index contributed by atoms with van der Waals surface area (Å²) in [7, 11) is -1.42. The fourth-order valence-electron chi connectivity index (χ4n) is 0.581.